The fourth-order valence-electron chi connectivity index (χ4n) is 3.73. The molecule has 6 heteroatoms. The Balaban J connectivity index is 1.93. The molecule has 5 nitrogen and oxygen atoms in total. The van der Waals surface area contributed by atoms with Gasteiger partial charge in [-0.1, -0.05) is 6.92 Å². The van der Waals surface area contributed by atoms with Gasteiger partial charge in [-0.15, -0.1) is 11.3 Å². The van der Waals surface area contributed by atoms with Crippen molar-refractivity contribution in [3.05, 3.63) is 29.1 Å². The van der Waals surface area contributed by atoms with Crippen LogP contribution in [0.5, 0.6) is 17.2 Å². The van der Waals surface area contributed by atoms with E-state index in [9.17, 15) is 4.79 Å². The van der Waals surface area contributed by atoms with E-state index in [2.05, 4.69) is 6.92 Å². The number of rotatable bonds is 6. The van der Waals surface area contributed by atoms with Crippen LogP contribution in [0.1, 0.15) is 42.3 Å². The summed E-state index contributed by atoms with van der Waals surface area (Å²) in [6, 6.07) is 8.05. The van der Waals surface area contributed by atoms with E-state index in [0.29, 0.717) is 23.3 Å². The number of carbonyl (C=O) groups is 1. The molecule has 0 saturated carbocycles. The zero-order valence-corrected chi connectivity index (χ0v) is 17.2. The second-order valence-corrected chi connectivity index (χ2v) is 7.69. The van der Waals surface area contributed by atoms with Gasteiger partial charge in [0.15, 0.2) is 11.5 Å². The molecule has 0 aliphatic carbocycles. The summed E-state index contributed by atoms with van der Waals surface area (Å²) < 4.78 is 16.4. The summed E-state index contributed by atoms with van der Waals surface area (Å²) in [6.07, 6.45) is 4.41. The average molecular weight is 390 g/mol. The fourth-order valence-corrected chi connectivity index (χ4v) is 4.71. The van der Waals surface area contributed by atoms with E-state index < -0.39 is 0 Å². The molecule has 1 aliphatic heterocycles. The van der Waals surface area contributed by atoms with Crippen molar-refractivity contribution in [1.29, 1.82) is 0 Å². The first kappa shape index (κ1) is 19.5. The quantitative estimate of drug-likeness (QED) is 0.709. The molecule has 0 N–H and O–H groups in total. The summed E-state index contributed by atoms with van der Waals surface area (Å²) in [7, 11) is 4.80. The second-order valence-electron chi connectivity index (χ2n) is 6.60. The molecule has 1 saturated heterocycles. The third kappa shape index (κ3) is 3.76. The molecular formula is C21H27NO4S. The normalized spacial score (nSPS) is 16.9. The van der Waals surface area contributed by atoms with E-state index in [0.717, 1.165) is 41.1 Å². The second kappa shape index (κ2) is 8.65. The predicted molar refractivity (Wildman–Crippen MR) is 108 cm³/mol. The van der Waals surface area contributed by atoms with Crippen LogP contribution >= 0.6 is 11.3 Å². The number of amides is 1. The van der Waals surface area contributed by atoms with Crippen LogP contribution in [0, 0.1) is 0 Å². The van der Waals surface area contributed by atoms with Crippen LogP contribution in [0.15, 0.2) is 24.3 Å². The van der Waals surface area contributed by atoms with Gasteiger partial charge in [0.25, 0.3) is 5.91 Å². The van der Waals surface area contributed by atoms with Crippen molar-refractivity contribution in [1.82, 2.24) is 4.90 Å². The topological polar surface area (TPSA) is 48.0 Å². The first-order valence-electron chi connectivity index (χ1n) is 9.34. The van der Waals surface area contributed by atoms with Crippen LogP contribution < -0.4 is 14.2 Å². The number of nitrogens with zero attached hydrogens (tertiary/aromatic N) is 1. The Bertz CT molecular complexity index is 801. The lowest BCUT2D eigenvalue weighted by Crippen LogP contribution is -2.43. The summed E-state index contributed by atoms with van der Waals surface area (Å²) in [5.74, 6) is 1.92. The molecule has 1 aromatic carbocycles. The van der Waals surface area contributed by atoms with E-state index in [1.807, 2.05) is 29.2 Å². The molecule has 3 rings (SSSR count). The van der Waals surface area contributed by atoms with Gasteiger partial charge >= 0.3 is 0 Å². The van der Waals surface area contributed by atoms with Crippen molar-refractivity contribution < 1.29 is 19.0 Å². The van der Waals surface area contributed by atoms with Gasteiger partial charge in [0, 0.05) is 23.0 Å². The molecule has 1 amide bonds. The van der Waals surface area contributed by atoms with Gasteiger partial charge in [0.1, 0.15) is 0 Å². The van der Waals surface area contributed by atoms with Gasteiger partial charge in [0.05, 0.1) is 26.2 Å². The summed E-state index contributed by atoms with van der Waals surface area (Å²) in [6.45, 7) is 3.01. The zero-order valence-electron chi connectivity index (χ0n) is 16.4. The number of methoxy groups -OCH3 is 3. The largest absolute Gasteiger partial charge is 0.493 e. The van der Waals surface area contributed by atoms with Crippen LogP contribution in [0.3, 0.4) is 0 Å². The van der Waals surface area contributed by atoms with E-state index >= 15 is 0 Å². The molecule has 1 aromatic heterocycles. The maximum Gasteiger partial charge on any atom is 0.264 e. The van der Waals surface area contributed by atoms with E-state index in [-0.39, 0.29) is 5.91 Å². The minimum Gasteiger partial charge on any atom is -0.493 e. The lowest BCUT2D eigenvalue weighted by Gasteiger charge is -2.35. The minimum atomic E-state index is 0.136. The third-order valence-corrected chi connectivity index (χ3v) is 6.25. The molecule has 1 fully saturated rings. The van der Waals surface area contributed by atoms with Gasteiger partial charge in [-0.3, -0.25) is 4.79 Å². The van der Waals surface area contributed by atoms with Crippen molar-refractivity contribution in [2.45, 2.75) is 38.6 Å². The number of benzene rings is 1. The Morgan fingerprint density at radius 1 is 1.07 bits per heavy atom. The van der Waals surface area contributed by atoms with E-state index in [1.165, 1.54) is 17.8 Å². The van der Waals surface area contributed by atoms with Gasteiger partial charge in [-0.25, -0.2) is 0 Å². The molecule has 27 heavy (non-hydrogen) atoms. The van der Waals surface area contributed by atoms with Gasteiger partial charge in [-0.2, -0.15) is 0 Å². The smallest absolute Gasteiger partial charge is 0.264 e. The number of hydrogen-bond acceptors (Lipinski definition) is 5. The van der Waals surface area contributed by atoms with E-state index in [4.69, 9.17) is 14.2 Å². The Kier molecular flexibility index (Phi) is 6.26. The van der Waals surface area contributed by atoms with Crippen LogP contribution in [-0.2, 0) is 0 Å². The SMILES string of the molecule is CC[C@@H]1CCCCN1C(=O)c1ccc(-c2ccc(OC)c(OC)c2OC)s1. The molecule has 1 aliphatic rings. The third-order valence-electron chi connectivity index (χ3n) is 5.15. The van der Waals surface area contributed by atoms with E-state index in [1.54, 1.807) is 21.3 Å². The highest BCUT2D eigenvalue weighted by Gasteiger charge is 2.27. The van der Waals surface area contributed by atoms with Gasteiger partial charge < -0.3 is 19.1 Å². The van der Waals surface area contributed by atoms with Crippen molar-refractivity contribution in [2.75, 3.05) is 27.9 Å². The van der Waals surface area contributed by atoms with Crippen molar-refractivity contribution >= 4 is 17.2 Å². The van der Waals surface area contributed by atoms with Crippen molar-refractivity contribution in [2.24, 2.45) is 0 Å². The summed E-state index contributed by atoms with van der Waals surface area (Å²) >= 11 is 1.49. The maximum atomic E-state index is 13.1. The molecule has 0 radical (unpaired) electrons. The summed E-state index contributed by atoms with van der Waals surface area (Å²) in [4.78, 5) is 16.8. The Morgan fingerprint density at radius 2 is 1.85 bits per heavy atom. The highest BCUT2D eigenvalue weighted by Crippen LogP contribution is 2.46. The summed E-state index contributed by atoms with van der Waals surface area (Å²) in [5.41, 5.74) is 0.893. The first-order valence-corrected chi connectivity index (χ1v) is 10.2. The van der Waals surface area contributed by atoms with Crippen molar-refractivity contribution in [3.63, 3.8) is 0 Å². The van der Waals surface area contributed by atoms with Crippen LogP contribution in [-0.4, -0.2) is 44.7 Å². The Labute approximate surface area is 164 Å². The highest BCUT2D eigenvalue weighted by molar-refractivity contribution is 7.17. The standard InChI is InChI=1S/C21H27NO4S/c1-5-14-8-6-7-13-22(14)21(23)18-12-11-17(27-18)15-9-10-16(24-2)20(26-4)19(15)25-3/h9-12,14H,5-8,13H2,1-4H3/t14-/m1/s1. The molecule has 146 valence electrons. The van der Waals surface area contributed by atoms with Crippen LogP contribution in [0.2, 0.25) is 0 Å². The Hall–Kier alpha value is -2.21. The average Bonchev–Trinajstić information content (AvgIpc) is 3.21. The minimum absolute atomic E-state index is 0.136. The van der Waals surface area contributed by atoms with Crippen molar-refractivity contribution in [3.8, 4) is 27.7 Å². The molecule has 0 bridgehead atoms. The van der Waals surface area contributed by atoms with Crippen LogP contribution in [0.4, 0.5) is 0 Å². The predicted octanol–water partition coefficient (Wildman–Crippen LogP) is 4.85. The number of likely N-dealkylation sites (tertiary alicyclic amines) is 1. The lowest BCUT2D eigenvalue weighted by molar-refractivity contribution is 0.0613. The molecule has 0 spiro atoms. The number of ether oxygens (including phenoxy) is 3. The van der Waals surface area contributed by atoms with Gasteiger partial charge in [0.2, 0.25) is 5.75 Å². The molecule has 2 aromatic rings. The molecular weight excluding hydrogens is 362 g/mol. The molecule has 1 atom stereocenters. The van der Waals surface area contributed by atoms with Gasteiger partial charge in [-0.05, 0) is 49.9 Å². The Morgan fingerprint density at radius 3 is 2.52 bits per heavy atom. The fraction of sp³-hybridized carbons (Fsp3) is 0.476. The molecule has 2 heterocycles. The number of thiophene rings is 1. The number of hydrogen-bond donors (Lipinski definition) is 0. The summed E-state index contributed by atoms with van der Waals surface area (Å²) in [5, 5.41) is 0. The lowest BCUT2D eigenvalue weighted by atomic mass is 10.00. The monoisotopic (exact) mass is 389 g/mol. The zero-order chi connectivity index (χ0) is 19.4. The first-order chi connectivity index (χ1) is 13.1. The van der Waals surface area contributed by atoms with Crippen LogP contribution in [0.25, 0.3) is 10.4 Å². The number of carbonyl (C=O) groups excluding carboxylic acids is 1. The highest BCUT2D eigenvalue weighted by atomic mass is 32.1. The molecule has 0 unspecified atom stereocenters. The number of piperidine rings is 1. The maximum absolute atomic E-state index is 13.1.